The number of anilines is 1. The molecule has 0 spiro atoms. The Morgan fingerprint density at radius 1 is 1.09 bits per heavy atom. The monoisotopic (exact) mass is 438 g/mol. The number of fused-ring (bicyclic) bond motifs is 3. The first-order valence-electron chi connectivity index (χ1n) is 10.5. The van der Waals surface area contributed by atoms with Crippen molar-refractivity contribution in [2.24, 2.45) is 11.1 Å². The smallest absolute Gasteiger partial charge is 0.241 e. The fourth-order valence-corrected chi connectivity index (χ4v) is 5.18. The minimum atomic E-state index is -1.74. The summed E-state index contributed by atoms with van der Waals surface area (Å²) in [6.45, 7) is 0. The lowest BCUT2D eigenvalue weighted by molar-refractivity contribution is -0.125. The molecule has 2 aliphatic rings. The lowest BCUT2D eigenvalue weighted by atomic mass is 9.67. The van der Waals surface area contributed by atoms with E-state index in [1.807, 2.05) is 0 Å². The fourth-order valence-electron chi connectivity index (χ4n) is 5.18. The minimum absolute atomic E-state index is 0.258. The van der Waals surface area contributed by atoms with Gasteiger partial charge in [0.2, 0.25) is 5.91 Å². The quantitative estimate of drug-likeness (QED) is 0.629. The van der Waals surface area contributed by atoms with Crippen LogP contribution in [0.15, 0.2) is 79.1 Å². The highest BCUT2D eigenvalue weighted by Gasteiger charge is 2.65. The maximum Gasteiger partial charge on any atom is 0.241 e. The average molecular weight is 438 g/mol. The normalized spacial score (nSPS) is 25.1. The van der Waals surface area contributed by atoms with Gasteiger partial charge in [-0.2, -0.15) is 5.26 Å². The zero-order chi connectivity index (χ0) is 23.2. The summed E-state index contributed by atoms with van der Waals surface area (Å²) in [5.41, 5.74) is 6.35. The summed E-state index contributed by atoms with van der Waals surface area (Å²) in [7, 11) is 0. The Morgan fingerprint density at radius 2 is 1.82 bits per heavy atom. The summed E-state index contributed by atoms with van der Waals surface area (Å²) in [6, 6.07) is 16.8. The maximum atomic E-state index is 14.0. The largest absolute Gasteiger partial charge is 0.368 e. The number of nitrogens with zero attached hydrogens (tertiary/aromatic N) is 3. The van der Waals surface area contributed by atoms with Gasteiger partial charge in [0.1, 0.15) is 11.9 Å². The summed E-state index contributed by atoms with van der Waals surface area (Å²) in [5.74, 6) is -2.37. The number of hydrogen-bond donors (Lipinski definition) is 1. The number of hydrogen-bond acceptors (Lipinski definition) is 5. The second-order valence-electron chi connectivity index (χ2n) is 8.19. The molecule has 4 unspecified atom stereocenters. The second-order valence-corrected chi connectivity index (χ2v) is 8.19. The van der Waals surface area contributed by atoms with E-state index in [-0.39, 0.29) is 5.78 Å². The molecule has 6 nitrogen and oxygen atoms in total. The fraction of sp³-hybridized carbons (Fsp3) is 0.154. The van der Waals surface area contributed by atoms with Crippen LogP contribution in [0.5, 0.6) is 0 Å². The zero-order valence-corrected chi connectivity index (χ0v) is 17.4. The summed E-state index contributed by atoms with van der Waals surface area (Å²) < 4.78 is 14.0. The number of benzene rings is 2. The van der Waals surface area contributed by atoms with Crippen molar-refractivity contribution < 1.29 is 14.0 Å². The molecule has 0 bridgehead atoms. The first-order valence-corrected chi connectivity index (χ1v) is 10.5. The molecule has 0 aliphatic carbocycles. The molecule has 5 rings (SSSR count). The highest BCUT2D eigenvalue weighted by Crippen LogP contribution is 2.55. The molecule has 3 heterocycles. The molecule has 7 heteroatoms. The number of aromatic nitrogens is 1. The molecule has 1 fully saturated rings. The number of Topliss-reactive ketones (excluding diaryl/α,β-unsaturated/α-hetero) is 1. The van der Waals surface area contributed by atoms with Crippen LogP contribution in [-0.4, -0.2) is 28.8 Å². The third-order valence-corrected chi connectivity index (χ3v) is 6.58. The minimum Gasteiger partial charge on any atom is -0.368 e. The van der Waals surface area contributed by atoms with Gasteiger partial charge in [0.05, 0.1) is 12.1 Å². The molecule has 1 aromatic heterocycles. The number of carbonyl (C=O) groups excluding carboxylic acids is 2. The Kier molecular flexibility index (Phi) is 4.79. The third-order valence-electron chi connectivity index (χ3n) is 6.58. The Balaban J connectivity index is 1.81. The molecule has 1 saturated heterocycles. The Hall–Kier alpha value is -4.31. The molecule has 2 N–H and O–H groups in total. The summed E-state index contributed by atoms with van der Waals surface area (Å²) in [4.78, 5) is 32.8. The molecule has 0 saturated carbocycles. The Bertz CT molecular complexity index is 1320. The second kappa shape index (κ2) is 7.68. The van der Waals surface area contributed by atoms with Crippen molar-refractivity contribution in [2.75, 3.05) is 4.90 Å². The topological polar surface area (TPSA) is 100 Å². The molecular formula is C26H19FN4O2. The summed E-state index contributed by atoms with van der Waals surface area (Å²) in [6.07, 6.45) is 6.45. The number of rotatable bonds is 4. The van der Waals surface area contributed by atoms with Crippen LogP contribution in [0.25, 0.3) is 6.08 Å². The first kappa shape index (κ1) is 20.6. The van der Waals surface area contributed by atoms with Gasteiger partial charge < -0.3 is 10.6 Å². The van der Waals surface area contributed by atoms with Crippen LogP contribution in [0.2, 0.25) is 0 Å². The van der Waals surface area contributed by atoms with E-state index >= 15 is 0 Å². The van der Waals surface area contributed by atoms with E-state index in [0.29, 0.717) is 22.4 Å². The van der Waals surface area contributed by atoms with E-state index in [4.69, 9.17) is 5.73 Å². The highest BCUT2D eigenvalue weighted by atomic mass is 19.1. The van der Waals surface area contributed by atoms with E-state index in [2.05, 4.69) is 11.1 Å². The first-order chi connectivity index (χ1) is 16.0. The van der Waals surface area contributed by atoms with Gasteiger partial charge in [-0.25, -0.2) is 4.39 Å². The van der Waals surface area contributed by atoms with Gasteiger partial charge in [0.15, 0.2) is 11.2 Å². The van der Waals surface area contributed by atoms with E-state index < -0.39 is 35.1 Å². The third kappa shape index (κ3) is 2.95. The van der Waals surface area contributed by atoms with Crippen molar-refractivity contribution in [2.45, 2.75) is 18.0 Å². The maximum absolute atomic E-state index is 14.0. The van der Waals surface area contributed by atoms with Crippen LogP contribution in [-0.2, 0) is 4.79 Å². The molecule has 2 aliphatic heterocycles. The van der Waals surface area contributed by atoms with Gasteiger partial charge in [0, 0.05) is 35.1 Å². The van der Waals surface area contributed by atoms with Crippen molar-refractivity contribution in [1.29, 1.82) is 5.26 Å². The van der Waals surface area contributed by atoms with E-state index in [9.17, 15) is 19.2 Å². The van der Waals surface area contributed by atoms with Crippen LogP contribution in [0.1, 0.15) is 27.4 Å². The standard InChI is InChI=1S/C26H19FN4O2/c27-19-7-8-20-18(14-19)6-9-21-26(15-28,25(29)33)22(16-10-12-30-13-11-16)23(31(20)21)24(32)17-4-2-1-3-5-17/h1-14,21-23H,(H2,29,33). The van der Waals surface area contributed by atoms with Crippen molar-refractivity contribution in [3.63, 3.8) is 0 Å². The Labute approximate surface area is 189 Å². The van der Waals surface area contributed by atoms with Gasteiger partial charge in [-0.05, 0) is 35.9 Å². The SMILES string of the molecule is N#CC1(C(N)=O)C(c2ccncc2)C(C(=O)c2ccccc2)N2c3ccc(F)cc3C=CC21. The van der Waals surface area contributed by atoms with Gasteiger partial charge in [-0.3, -0.25) is 14.6 Å². The molecular weight excluding hydrogens is 419 g/mol. The number of primary amides is 1. The number of halogens is 1. The number of pyridine rings is 1. The molecule has 162 valence electrons. The molecule has 3 aromatic rings. The van der Waals surface area contributed by atoms with E-state index in [1.165, 1.54) is 12.1 Å². The van der Waals surface area contributed by atoms with Crippen LogP contribution in [0, 0.1) is 22.6 Å². The molecule has 1 amide bonds. The van der Waals surface area contributed by atoms with E-state index in [1.54, 1.807) is 78.0 Å². The van der Waals surface area contributed by atoms with Crippen molar-refractivity contribution in [3.05, 3.63) is 102 Å². The van der Waals surface area contributed by atoms with Crippen LogP contribution >= 0.6 is 0 Å². The highest BCUT2D eigenvalue weighted by molar-refractivity contribution is 6.06. The van der Waals surface area contributed by atoms with Gasteiger partial charge in [-0.1, -0.05) is 42.5 Å². The number of amides is 1. The van der Waals surface area contributed by atoms with Crippen molar-refractivity contribution in [3.8, 4) is 6.07 Å². The predicted octanol–water partition coefficient (Wildman–Crippen LogP) is 3.47. The molecule has 4 atom stereocenters. The van der Waals surface area contributed by atoms with Gasteiger partial charge in [0.25, 0.3) is 0 Å². The number of nitriles is 1. The number of nitrogens with two attached hydrogens (primary N) is 1. The van der Waals surface area contributed by atoms with Crippen LogP contribution in [0.3, 0.4) is 0 Å². The number of ketones is 1. The molecule has 33 heavy (non-hydrogen) atoms. The predicted molar refractivity (Wildman–Crippen MR) is 120 cm³/mol. The van der Waals surface area contributed by atoms with Gasteiger partial charge in [-0.15, -0.1) is 0 Å². The summed E-state index contributed by atoms with van der Waals surface area (Å²) >= 11 is 0. The summed E-state index contributed by atoms with van der Waals surface area (Å²) in [5, 5.41) is 10.4. The Morgan fingerprint density at radius 3 is 2.48 bits per heavy atom. The lowest BCUT2D eigenvalue weighted by Crippen LogP contribution is -2.49. The van der Waals surface area contributed by atoms with Gasteiger partial charge >= 0.3 is 0 Å². The van der Waals surface area contributed by atoms with Crippen LogP contribution in [0.4, 0.5) is 10.1 Å². The lowest BCUT2D eigenvalue weighted by Gasteiger charge is -2.36. The number of carbonyl (C=O) groups is 2. The molecule has 2 aromatic carbocycles. The van der Waals surface area contributed by atoms with Crippen molar-refractivity contribution >= 4 is 23.5 Å². The molecule has 0 radical (unpaired) electrons. The average Bonchev–Trinajstić information content (AvgIpc) is 3.16. The van der Waals surface area contributed by atoms with Crippen LogP contribution < -0.4 is 10.6 Å². The zero-order valence-electron chi connectivity index (χ0n) is 17.4. The van der Waals surface area contributed by atoms with Crippen molar-refractivity contribution in [1.82, 2.24) is 4.98 Å². The van der Waals surface area contributed by atoms with E-state index in [0.717, 1.165) is 0 Å².